The molecule has 0 aliphatic carbocycles. The summed E-state index contributed by atoms with van der Waals surface area (Å²) < 4.78 is 1.57. The molecular weight excluding hydrogens is 266 g/mol. The largest absolute Gasteiger partial charge is 0.347 e. The Morgan fingerprint density at radius 2 is 2.16 bits per heavy atom. The number of aromatic nitrogens is 4. The maximum atomic E-state index is 11.8. The van der Waals surface area contributed by atoms with E-state index >= 15 is 0 Å². The maximum Gasteiger partial charge on any atom is 0.243 e. The van der Waals surface area contributed by atoms with Crippen molar-refractivity contribution in [1.82, 2.24) is 24.9 Å². The summed E-state index contributed by atoms with van der Waals surface area (Å²) in [5.41, 5.74) is 2.36. The van der Waals surface area contributed by atoms with Crippen molar-refractivity contribution in [3.8, 4) is 11.3 Å². The van der Waals surface area contributed by atoms with Gasteiger partial charge in [0, 0.05) is 25.9 Å². The smallest absolute Gasteiger partial charge is 0.243 e. The molecule has 0 atom stereocenters. The first kappa shape index (κ1) is 13.5. The molecule has 6 nitrogen and oxygen atoms in total. The van der Waals surface area contributed by atoms with E-state index in [0.717, 1.165) is 17.0 Å². The maximum absolute atomic E-state index is 11.8. The minimum atomic E-state index is -0.0481. The summed E-state index contributed by atoms with van der Waals surface area (Å²) in [6.45, 7) is 1.99. The number of carbonyl (C=O) groups excluding carboxylic acids is 1. The molecule has 2 heterocycles. The minimum Gasteiger partial charge on any atom is -0.347 e. The summed E-state index contributed by atoms with van der Waals surface area (Å²) in [6.07, 6.45) is 1.64. The third kappa shape index (κ3) is 2.90. The van der Waals surface area contributed by atoms with Gasteiger partial charge < -0.3 is 4.90 Å². The quantitative estimate of drug-likeness (QED) is 0.797. The third-order valence-corrected chi connectivity index (χ3v) is 2.91. The van der Waals surface area contributed by atoms with Crippen LogP contribution in [0.5, 0.6) is 0 Å². The Morgan fingerprint density at radius 3 is 2.74 bits per heavy atom. The van der Waals surface area contributed by atoms with Crippen molar-refractivity contribution in [2.75, 3.05) is 14.1 Å². The Kier molecular flexibility index (Phi) is 3.80. The lowest BCUT2D eigenvalue weighted by molar-refractivity contribution is -0.129. The van der Waals surface area contributed by atoms with E-state index < -0.39 is 0 Å². The van der Waals surface area contributed by atoms with Crippen molar-refractivity contribution < 1.29 is 4.79 Å². The van der Waals surface area contributed by atoms with Gasteiger partial charge in [-0.15, -0.1) is 5.10 Å². The molecule has 7 heteroatoms. The molecule has 1 amide bonds. The number of pyridine rings is 1. The number of halogens is 1. The molecule has 0 aliphatic heterocycles. The van der Waals surface area contributed by atoms with Crippen molar-refractivity contribution in [3.63, 3.8) is 0 Å². The van der Waals surface area contributed by atoms with Crippen molar-refractivity contribution in [2.45, 2.75) is 13.5 Å². The van der Waals surface area contributed by atoms with Gasteiger partial charge in [-0.2, -0.15) is 0 Å². The van der Waals surface area contributed by atoms with E-state index in [2.05, 4.69) is 15.3 Å². The zero-order chi connectivity index (χ0) is 14.0. The van der Waals surface area contributed by atoms with Gasteiger partial charge in [-0.05, 0) is 19.1 Å². The fourth-order valence-corrected chi connectivity index (χ4v) is 1.77. The van der Waals surface area contributed by atoms with Gasteiger partial charge in [0.05, 0.1) is 11.4 Å². The highest BCUT2D eigenvalue weighted by Gasteiger charge is 2.15. The minimum absolute atomic E-state index is 0.0481. The van der Waals surface area contributed by atoms with Crippen LogP contribution in [-0.2, 0) is 11.3 Å². The van der Waals surface area contributed by atoms with Gasteiger partial charge in [0.15, 0.2) is 0 Å². The highest BCUT2D eigenvalue weighted by molar-refractivity contribution is 6.29. The second-order valence-electron chi connectivity index (χ2n) is 4.34. The lowest BCUT2D eigenvalue weighted by atomic mass is 10.2. The fraction of sp³-hybridized carbons (Fsp3) is 0.333. The number of rotatable bonds is 3. The lowest BCUT2D eigenvalue weighted by Crippen LogP contribution is -2.27. The molecule has 19 heavy (non-hydrogen) atoms. The van der Waals surface area contributed by atoms with Crippen LogP contribution in [0.4, 0.5) is 0 Å². The van der Waals surface area contributed by atoms with Crippen LogP contribution >= 0.6 is 11.6 Å². The summed E-state index contributed by atoms with van der Waals surface area (Å²) in [7, 11) is 3.41. The SMILES string of the molecule is Cc1nnn(CC(=O)N(C)C)c1-c1ccc(Cl)nc1. The monoisotopic (exact) mass is 279 g/mol. The second-order valence-corrected chi connectivity index (χ2v) is 4.73. The zero-order valence-corrected chi connectivity index (χ0v) is 11.7. The molecule has 0 fully saturated rings. The predicted molar refractivity (Wildman–Crippen MR) is 71.7 cm³/mol. The van der Waals surface area contributed by atoms with Crippen molar-refractivity contribution in [3.05, 3.63) is 29.2 Å². The van der Waals surface area contributed by atoms with Crippen LogP contribution in [0.15, 0.2) is 18.3 Å². The molecule has 0 N–H and O–H groups in total. The Labute approximate surface area is 116 Å². The molecule has 0 unspecified atom stereocenters. The third-order valence-electron chi connectivity index (χ3n) is 2.69. The van der Waals surface area contributed by atoms with Gasteiger partial charge in [-0.1, -0.05) is 16.8 Å². The highest BCUT2D eigenvalue weighted by Crippen LogP contribution is 2.22. The lowest BCUT2D eigenvalue weighted by Gasteiger charge is -2.11. The number of aryl methyl sites for hydroxylation is 1. The van der Waals surface area contributed by atoms with E-state index in [9.17, 15) is 4.79 Å². The second kappa shape index (κ2) is 5.36. The first-order chi connectivity index (χ1) is 8.99. The zero-order valence-electron chi connectivity index (χ0n) is 11.0. The van der Waals surface area contributed by atoms with Crippen LogP contribution in [0, 0.1) is 6.92 Å². The van der Waals surface area contributed by atoms with Gasteiger partial charge in [0.1, 0.15) is 11.7 Å². The van der Waals surface area contributed by atoms with Gasteiger partial charge in [0.2, 0.25) is 5.91 Å². The van der Waals surface area contributed by atoms with Gasteiger partial charge in [-0.3, -0.25) is 4.79 Å². The average molecular weight is 280 g/mol. The summed E-state index contributed by atoms with van der Waals surface area (Å²) in [5, 5.41) is 8.43. The van der Waals surface area contributed by atoms with E-state index in [0.29, 0.717) is 5.15 Å². The van der Waals surface area contributed by atoms with Crippen LogP contribution < -0.4 is 0 Å². The molecule has 100 valence electrons. The molecule has 2 aromatic heterocycles. The standard InChI is InChI=1S/C12H14ClN5O/c1-8-12(9-4-5-10(13)14-6-9)18(16-15-8)7-11(19)17(2)3/h4-6H,7H2,1-3H3. The summed E-state index contributed by atoms with van der Waals surface area (Å²) >= 11 is 5.77. The Balaban J connectivity index is 2.37. The topological polar surface area (TPSA) is 63.9 Å². The van der Waals surface area contributed by atoms with Crippen molar-refractivity contribution in [2.24, 2.45) is 0 Å². The van der Waals surface area contributed by atoms with E-state index in [4.69, 9.17) is 11.6 Å². The van der Waals surface area contributed by atoms with Crippen molar-refractivity contribution >= 4 is 17.5 Å². The van der Waals surface area contributed by atoms with E-state index in [-0.39, 0.29) is 12.5 Å². The molecule has 2 rings (SSSR count). The van der Waals surface area contributed by atoms with E-state index in [1.54, 1.807) is 31.0 Å². The summed E-state index contributed by atoms with van der Waals surface area (Å²) in [4.78, 5) is 17.3. The molecule has 0 radical (unpaired) electrons. The Hall–Kier alpha value is -1.95. The molecule has 0 bridgehead atoms. The number of amides is 1. The highest BCUT2D eigenvalue weighted by atomic mass is 35.5. The number of nitrogens with zero attached hydrogens (tertiary/aromatic N) is 5. The van der Waals surface area contributed by atoms with Crippen molar-refractivity contribution in [1.29, 1.82) is 0 Å². The van der Waals surface area contributed by atoms with Gasteiger partial charge in [-0.25, -0.2) is 9.67 Å². The van der Waals surface area contributed by atoms with Gasteiger partial charge >= 0.3 is 0 Å². The van der Waals surface area contributed by atoms with E-state index in [1.165, 1.54) is 4.90 Å². The predicted octanol–water partition coefficient (Wildman–Crippen LogP) is 1.39. The fourth-order valence-electron chi connectivity index (χ4n) is 1.65. The van der Waals surface area contributed by atoms with Crippen LogP contribution in [-0.4, -0.2) is 44.9 Å². The first-order valence-corrected chi connectivity index (χ1v) is 6.09. The Bertz CT molecular complexity index is 591. The first-order valence-electron chi connectivity index (χ1n) is 5.71. The number of carbonyl (C=O) groups is 1. The molecule has 0 spiro atoms. The number of hydrogen-bond acceptors (Lipinski definition) is 4. The molecule has 0 saturated heterocycles. The molecule has 0 aromatic carbocycles. The van der Waals surface area contributed by atoms with Crippen LogP contribution in [0.3, 0.4) is 0 Å². The van der Waals surface area contributed by atoms with Gasteiger partial charge in [0.25, 0.3) is 0 Å². The average Bonchev–Trinajstić information content (AvgIpc) is 2.72. The summed E-state index contributed by atoms with van der Waals surface area (Å²) in [6, 6.07) is 3.53. The molecule has 0 aliphatic rings. The van der Waals surface area contributed by atoms with Crippen LogP contribution in [0.25, 0.3) is 11.3 Å². The normalized spacial score (nSPS) is 10.5. The van der Waals surface area contributed by atoms with E-state index in [1.807, 2.05) is 13.0 Å². The molecular formula is C12H14ClN5O. The molecule has 0 saturated carbocycles. The van der Waals surface area contributed by atoms with Crippen LogP contribution in [0.2, 0.25) is 5.15 Å². The molecule has 2 aromatic rings. The number of hydrogen-bond donors (Lipinski definition) is 0. The van der Waals surface area contributed by atoms with Crippen LogP contribution in [0.1, 0.15) is 5.69 Å². The Morgan fingerprint density at radius 1 is 1.42 bits per heavy atom. The number of likely N-dealkylation sites (N-methyl/N-ethyl adjacent to an activating group) is 1. The summed E-state index contributed by atoms with van der Waals surface area (Å²) in [5.74, 6) is -0.0481.